The molecule has 0 amide bonds. The average molecular weight is 423 g/mol. The molecule has 0 fully saturated rings. The first-order valence-corrected chi connectivity index (χ1v) is 10.1. The van der Waals surface area contributed by atoms with Crippen LogP contribution in [0.25, 0.3) is 21.5 Å². The molecular weight excluding hydrogens is 392 g/mol. The van der Waals surface area contributed by atoms with E-state index in [2.05, 4.69) is 25.7 Å². The molecule has 0 saturated heterocycles. The van der Waals surface area contributed by atoms with Gasteiger partial charge < -0.3 is 0 Å². The largest absolute Gasteiger partial charge is 0.277 e. The molecule has 0 spiro atoms. The van der Waals surface area contributed by atoms with Crippen molar-refractivity contribution < 1.29 is 0 Å². The van der Waals surface area contributed by atoms with Gasteiger partial charge >= 0.3 is 0 Å². The molecule has 0 N–H and O–H groups in total. The molecule has 0 radical (unpaired) electrons. The lowest BCUT2D eigenvalue weighted by Gasteiger charge is -1.96. The third kappa shape index (κ3) is 4.97. The van der Waals surface area contributed by atoms with Gasteiger partial charge in [-0.05, 0) is 44.1 Å². The van der Waals surface area contributed by atoms with Crippen LogP contribution >= 0.6 is 0 Å². The van der Waals surface area contributed by atoms with Crippen molar-refractivity contribution in [2.75, 3.05) is 0 Å². The summed E-state index contributed by atoms with van der Waals surface area (Å²) in [5.41, 5.74) is 0.631. The summed E-state index contributed by atoms with van der Waals surface area (Å²) in [5.74, 6) is 0. The minimum atomic E-state index is -0.451. The predicted octanol–water partition coefficient (Wildman–Crippen LogP) is 3.65. The van der Waals surface area contributed by atoms with E-state index >= 15 is 0 Å². The fraction of sp³-hybridized carbons (Fsp3) is 0.280. The van der Waals surface area contributed by atoms with E-state index in [0.717, 1.165) is 9.13 Å². The lowest BCUT2D eigenvalue weighted by atomic mass is 10.1. The molecule has 0 aliphatic rings. The fourth-order valence-electron chi connectivity index (χ4n) is 3.10. The number of hydrogen-bond acceptors (Lipinski definition) is 4. The molecule has 0 bridgehead atoms. The van der Waals surface area contributed by atoms with Crippen LogP contribution in [0.1, 0.15) is 34.6 Å². The molecule has 0 atom stereocenters. The van der Waals surface area contributed by atoms with E-state index in [0.29, 0.717) is 0 Å². The molecule has 0 saturated carbocycles. The Morgan fingerprint density at radius 2 is 1.06 bits per heavy atom. The maximum atomic E-state index is 11.8. The number of fused-ring (bicyclic) bond motifs is 2. The van der Waals surface area contributed by atoms with Gasteiger partial charge in [0.05, 0.1) is 21.5 Å². The summed E-state index contributed by atoms with van der Waals surface area (Å²) in [7, 11) is 2.73. The van der Waals surface area contributed by atoms with Crippen molar-refractivity contribution in [2.24, 2.45) is 14.1 Å². The Labute approximate surface area is 181 Å². The van der Waals surface area contributed by atoms with Gasteiger partial charge in [0.15, 0.2) is 0 Å². The molecule has 3 rings (SSSR count). The van der Waals surface area contributed by atoms with Gasteiger partial charge in [0.25, 0.3) is 22.2 Å². The Morgan fingerprint density at radius 1 is 0.742 bits per heavy atom. The zero-order valence-electron chi connectivity index (χ0n) is 19.3. The minimum Gasteiger partial charge on any atom is -0.277 e. The van der Waals surface area contributed by atoms with E-state index in [1.165, 1.54) is 37.4 Å². The van der Waals surface area contributed by atoms with E-state index in [-0.39, 0.29) is 21.5 Å². The third-order valence-corrected chi connectivity index (χ3v) is 4.74. The van der Waals surface area contributed by atoms with E-state index < -0.39 is 22.2 Å². The van der Waals surface area contributed by atoms with Crippen molar-refractivity contribution in [3.8, 4) is 0 Å². The van der Waals surface area contributed by atoms with E-state index in [9.17, 15) is 19.2 Å². The first-order chi connectivity index (χ1) is 14.7. The molecule has 2 aromatic heterocycles. The average Bonchev–Trinajstić information content (AvgIpc) is 3.12. The Morgan fingerprint density at radius 3 is 1.32 bits per heavy atom. The SMILES string of the molecule is C=CC(/C=C\C)=C(C)\C=C/C.CC.Cn1c(=O)c2cc3c(=O)n(C)c(=O)c3cc2c1=O. The highest BCUT2D eigenvalue weighted by Gasteiger charge is 2.16. The summed E-state index contributed by atoms with van der Waals surface area (Å²) in [6.07, 6.45) is 10.1. The van der Waals surface area contributed by atoms with Crippen molar-refractivity contribution in [2.45, 2.75) is 34.6 Å². The number of allylic oxidation sites excluding steroid dienone is 7. The highest BCUT2D eigenvalue weighted by atomic mass is 16.2. The number of nitrogens with zero attached hydrogens (tertiary/aromatic N) is 2. The molecular formula is C25H30N2O4. The minimum absolute atomic E-state index is 0.178. The van der Waals surface area contributed by atoms with Gasteiger partial charge in [0, 0.05) is 14.1 Å². The Hall–Kier alpha value is -3.54. The topological polar surface area (TPSA) is 78.1 Å². The van der Waals surface area contributed by atoms with Crippen LogP contribution in [0.5, 0.6) is 0 Å². The van der Waals surface area contributed by atoms with Gasteiger partial charge in [-0.25, -0.2) is 0 Å². The molecule has 3 aromatic rings. The summed E-state index contributed by atoms with van der Waals surface area (Å²) < 4.78 is 1.94. The predicted molar refractivity (Wildman–Crippen MR) is 131 cm³/mol. The molecule has 6 nitrogen and oxygen atoms in total. The second kappa shape index (κ2) is 11.0. The van der Waals surface area contributed by atoms with E-state index in [1.807, 2.05) is 45.9 Å². The first kappa shape index (κ1) is 25.5. The van der Waals surface area contributed by atoms with E-state index in [1.54, 1.807) is 0 Å². The van der Waals surface area contributed by atoms with Crippen LogP contribution < -0.4 is 22.2 Å². The number of aromatic nitrogens is 2. The van der Waals surface area contributed by atoms with Gasteiger partial charge in [0.1, 0.15) is 0 Å². The van der Waals surface area contributed by atoms with Crippen LogP contribution in [-0.4, -0.2) is 9.13 Å². The fourth-order valence-corrected chi connectivity index (χ4v) is 3.10. The van der Waals surface area contributed by atoms with Gasteiger partial charge in [-0.1, -0.05) is 50.8 Å². The molecule has 6 heteroatoms. The molecule has 0 aliphatic heterocycles. The summed E-state index contributed by atoms with van der Waals surface area (Å²) >= 11 is 0. The molecule has 1 aromatic carbocycles. The Balaban J connectivity index is 0.000000321. The lowest BCUT2D eigenvalue weighted by Crippen LogP contribution is -2.21. The maximum absolute atomic E-state index is 11.8. The van der Waals surface area contributed by atoms with Crippen LogP contribution in [0, 0.1) is 0 Å². The van der Waals surface area contributed by atoms with Gasteiger partial charge in [0.2, 0.25) is 0 Å². The second-order valence-corrected chi connectivity index (χ2v) is 6.62. The summed E-state index contributed by atoms with van der Waals surface area (Å²) in [6, 6.07) is 2.66. The highest BCUT2D eigenvalue weighted by Crippen LogP contribution is 2.13. The van der Waals surface area contributed by atoms with Crippen LogP contribution in [-0.2, 0) is 14.1 Å². The highest BCUT2D eigenvalue weighted by molar-refractivity contribution is 5.97. The van der Waals surface area contributed by atoms with Crippen LogP contribution in [0.2, 0.25) is 0 Å². The summed E-state index contributed by atoms with van der Waals surface area (Å²) in [6.45, 7) is 13.8. The molecule has 2 heterocycles. The second-order valence-electron chi connectivity index (χ2n) is 6.62. The molecule has 31 heavy (non-hydrogen) atoms. The van der Waals surface area contributed by atoms with Crippen LogP contribution in [0.4, 0.5) is 0 Å². The maximum Gasteiger partial charge on any atom is 0.261 e. The molecule has 164 valence electrons. The first-order valence-electron chi connectivity index (χ1n) is 10.1. The normalized spacial score (nSPS) is 12.0. The Bertz CT molecular complexity index is 1230. The number of benzene rings is 1. The monoisotopic (exact) mass is 422 g/mol. The van der Waals surface area contributed by atoms with Gasteiger partial charge in [-0.15, -0.1) is 0 Å². The van der Waals surface area contributed by atoms with Crippen molar-refractivity contribution in [3.63, 3.8) is 0 Å². The number of rotatable bonds is 3. The quantitative estimate of drug-likeness (QED) is 0.604. The van der Waals surface area contributed by atoms with Crippen molar-refractivity contribution in [3.05, 3.63) is 102 Å². The van der Waals surface area contributed by atoms with Crippen molar-refractivity contribution >= 4 is 21.5 Å². The molecule has 0 aliphatic carbocycles. The standard InChI is InChI=1S/C12H8N2O4.C11H16.C2H6/c1-13-9(15)5-3-7-8(4-6(5)10(13)16)12(18)14(2)11(7)17;1-5-8-10(4)11(7-3)9-6-2;1-2/h3-4H,1-2H3;5-9H,3H2,1-2,4H3;1-2H3/b;8-5-,9-6-,11-10+;. The number of hydrogen-bond donors (Lipinski definition) is 0. The molecule has 0 unspecified atom stereocenters. The van der Waals surface area contributed by atoms with Crippen LogP contribution in [0.15, 0.2) is 79.4 Å². The zero-order chi connectivity index (χ0) is 23.9. The lowest BCUT2D eigenvalue weighted by molar-refractivity contribution is 0.854. The summed E-state index contributed by atoms with van der Waals surface area (Å²) in [5, 5.41) is 0.714. The van der Waals surface area contributed by atoms with Gasteiger partial charge in [-0.2, -0.15) is 0 Å². The van der Waals surface area contributed by atoms with Crippen molar-refractivity contribution in [1.82, 2.24) is 9.13 Å². The van der Waals surface area contributed by atoms with Crippen LogP contribution in [0.3, 0.4) is 0 Å². The van der Waals surface area contributed by atoms with E-state index in [4.69, 9.17) is 0 Å². The Kier molecular flexibility index (Phi) is 9.06. The smallest absolute Gasteiger partial charge is 0.261 e. The zero-order valence-corrected chi connectivity index (χ0v) is 19.3. The van der Waals surface area contributed by atoms with Gasteiger partial charge in [-0.3, -0.25) is 28.3 Å². The van der Waals surface area contributed by atoms with Crippen molar-refractivity contribution in [1.29, 1.82) is 0 Å². The third-order valence-electron chi connectivity index (χ3n) is 4.74. The summed E-state index contributed by atoms with van der Waals surface area (Å²) in [4.78, 5) is 47.1.